The highest BCUT2D eigenvalue weighted by Crippen LogP contribution is 2.25. The fourth-order valence-corrected chi connectivity index (χ4v) is 2.30. The lowest BCUT2D eigenvalue weighted by Crippen LogP contribution is -2.19. The van der Waals surface area contributed by atoms with Gasteiger partial charge in [-0.25, -0.2) is 0 Å². The Labute approximate surface area is 134 Å². The Kier molecular flexibility index (Phi) is 5.70. The zero-order valence-corrected chi connectivity index (χ0v) is 14.1. The molecule has 1 N–H and O–H groups in total. The third-order valence-electron chi connectivity index (χ3n) is 2.91. The second kappa shape index (κ2) is 7.52. The minimum absolute atomic E-state index is 0.507. The summed E-state index contributed by atoms with van der Waals surface area (Å²) in [5.74, 6) is 1.92. The van der Waals surface area contributed by atoms with Crippen LogP contribution in [0.5, 0.6) is 11.6 Å². The first-order valence-electron chi connectivity index (χ1n) is 7.02. The first-order chi connectivity index (χ1) is 10.0. The van der Waals surface area contributed by atoms with Crippen LogP contribution < -0.4 is 10.1 Å². The fraction of sp³-hybridized carbons (Fsp3) is 0.375. The molecule has 1 aromatic heterocycles. The molecule has 2 aromatic rings. The second-order valence-corrected chi connectivity index (χ2v) is 6.32. The number of nitrogens with zero attached hydrogens (tertiary/aromatic N) is 2. The number of hydrogen-bond acceptors (Lipinski definition) is 4. The SMILES string of the molecule is Cc1cc(Br)ccc1Oc1ccc(CNCC(C)C)nn1. The van der Waals surface area contributed by atoms with E-state index in [1.54, 1.807) is 0 Å². The number of aryl methyl sites for hydroxylation is 1. The molecule has 0 aliphatic rings. The highest BCUT2D eigenvalue weighted by molar-refractivity contribution is 9.10. The van der Waals surface area contributed by atoms with Crippen molar-refractivity contribution in [2.24, 2.45) is 5.92 Å². The summed E-state index contributed by atoms with van der Waals surface area (Å²) < 4.78 is 6.78. The third-order valence-corrected chi connectivity index (χ3v) is 3.40. The Morgan fingerprint density at radius 3 is 2.62 bits per heavy atom. The van der Waals surface area contributed by atoms with Crippen molar-refractivity contribution in [3.8, 4) is 11.6 Å². The Hall–Kier alpha value is -1.46. The van der Waals surface area contributed by atoms with Gasteiger partial charge in [0.05, 0.1) is 5.69 Å². The number of aromatic nitrogens is 2. The average molecular weight is 350 g/mol. The summed E-state index contributed by atoms with van der Waals surface area (Å²) >= 11 is 3.43. The van der Waals surface area contributed by atoms with Gasteiger partial charge in [-0.1, -0.05) is 29.8 Å². The lowest BCUT2D eigenvalue weighted by Gasteiger charge is -2.09. The molecule has 4 nitrogen and oxygen atoms in total. The van der Waals surface area contributed by atoms with E-state index < -0.39 is 0 Å². The van der Waals surface area contributed by atoms with Gasteiger partial charge in [-0.15, -0.1) is 5.10 Å². The smallest absolute Gasteiger partial charge is 0.238 e. The largest absolute Gasteiger partial charge is 0.437 e. The molecule has 0 aliphatic heterocycles. The van der Waals surface area contributed by atoms with Crippen molar-refractivity contribution < 1.29 is 4.74 Å². The van der Waals surface area contributed by atoms with E-state index in [2.05, 4.69) is 45.3 Å². The molecule has 2 rings (SSSR count). The van der Waals surface area contributed by atoms with E-state index in [0.29, 0.717) is 11.8 Å². The van der Waals surface area contributed by atoms with Crippen LogP contribution in [0.4, 0.5) is 0 Å². The van der Waals surface area contributed by atoms with Gasteiger partial charge in [0.15, 0.2) is 0 Å². The van der Waals surface area contributed by atoms with Gasteiger partial charge in [0, 0.05) is 17.1 Å². The van der Waals surface area contributed by atoms with Crippen LogP contribution in [0.2, 0.25) is 0 Å². The maximum atomic E-state index is 5.75. The van der Waals surface area contributed by atoms with E-state index in [1.165, 1.54) is 0 Å². The Morgan fingerprint density at radius 1 is 1.19 bits per heavy atom. The van der Waals surface area contributed by atoms with Gasteiger partial charge in [0.1, 0.15) is 5.75 Å². The van der Waals surface area contributed by atoms with Crippen molar-refractivity contribution in [3.05, 3.63) is 46.1 Å². The maximum absolute atomic E-state index is 5.75. The van der Waals surface area contributed by atoms with Gasteiger partial charge in [-0.2, -0.15) is 5.10 Å². The van der Waals surface area contributed by atoms with Crippen LogP contribution in [0.1, 0.15) is 25.1 Å². The van der Waals surface area contributed by atoms with Crippen molar-refractivity contribution in [3.63, 3.8) is 0 Å². The molecule has 0 atom stereocenters. The van der Waals surface area contributed by atoms with Gasteiger partial charge in [-0.3, -0.25) is 0 Å². The molecule has 112 valence electrons. The minimum Gasteiger partial charge on any atom is -0.437 e. The van der Waals surface area contributed by atoms with Crippen LogP contribution >= 0.6 is 15.9 Å². The molecule has 1 heterocycles. The highest BCUT2D eigenvalue weighted by Gasteiger charge is 2.04. The van der Waals surface area contributed by atoms with Crippen LogP contribution in [0.3, 0.4) is 0 Å². The topological polar surface area (TPSA) is 47.0 Å². The lowest BCUT2D eigenvalue weighted by molar-refractivity contribution is 0.449. The first-order valence-corrected chi connectivity index (χ1v) is 7.81. The predicted molar refractivity (Wildman–Crippen MR) is 87.5 cm³/mol. The van der Waals surface area contributed by atoms with E-state index in [0.717, 1.165) is 34.6 Å². The monoisotopic (exact) mass is 349 g/mol. The second-order valence-electron chi connectivity index (χ2n) is 5.40. The Balaban J connectivity index is 1.95. The van der Waals surface area contributed by atoms with Crippen LogP contribution in [0.15, 0.2) is 34.8 Å². The van der Waals surface area contributed by atoms with E-state index >= 15 is 0 Å². The molecule has 0 radical (unpaired) electrons. The normalized spacial score (nSPS) is 10.9. The third kappa shape index (κ3) is 5.10. The summed E-state index contributed by atoms with van der Waals surface area (Å²) in [6.45, 7) is 8.05. The average Bonchev–Trinajstić information content (AvgIpc) is 2.43. The number of benzene rings is 1. The first kappa shape index (κ1) is 15.9. The zero-order chi connectivity index (χ0) is 15.2. The Morgan fingerprint density at radius 2 is 2.00 bits per heavy atom. The van der Waals surface area contributed by atoms with Crippen LogP contribution in [-0.4, -0.2) is 16.7 Å². The quantitative estimate of drug-likeness (QED) is 0.853. The van der Waals surface area contributed by atoms with E-state index in [4.69, 9.17) is 4.74 Å². The fourth-order valence-electron chi connectivity index (χ4n) is 1.83. The minimum atomic E-state index is 0.507. The number of ether oxygens (including phenoxy) is 1. The molecule has 1 aromatic carbocycles. The zero-order valence-electron chi connectivity index (χ0n) is 12.6. The maximum Gasteiger partial charge on any atom is 0.238 e. The van der Waals surface area contributed by atoms with Crippen molar-refractivity contribution in [1.29, 1.82) is 0 Å². The molecule has 0 unspecified atom stereocenters. The number of halogens is 1. The summed E-state index contributed by atoms with van der Waals surface area (Å²) in [5, 5.41) is 11.6. The molecular weight excluding hydrogens is 330 g/mol. The van der Waals surface area contributed by atoms with Crippen molar-refractivity contribution in [2.75, 3.05) is 6.54 Å². The van der Waals surface area contributed by atoms with E-state index in [9.17, 15) is 0 Å². The lowest BCUT2D eigenvalue weighted by atomic mass is 10.2. The summed E-state index contributed by atoms with van der Waals surface area (Å²) in [5.41, 5.74) is 1.96. The van der Waals surface area contributed by atoms with Crippen molar-refractivity contribution >= 4 is 15.9 Å². The molecule has 21 heavy (non-hydrogen) atoms. The summed E-state index contributed by atoms with van der Waals surface area (Å²) in [4.78, 5) is 0. The van der Waals surface area contributed by atoms with Crippen LogP contribution in [-0.2, 0) is 6.54 Å². The van der Waals surface area contributed by atoms with Gasteiger partial charge in [0.2, 0.25) is 5.88 Å². The standard InChI is InChI=1S/C16H20BrN3O/c1-11(2)9-18-10-14-5-7-16(20-19-14)21-15-6-4-13(17)8-12(15)3/h4-8,11,18H,9-10H2,1-3H3. The van der Waals surface area contributed by atoms with Gasteiger partial charge >= 0.3 is 0 Å². The molecule has 0 fully saturated rings. The van der Waals surface area contributed by atoms with Gasteiger partial charge in [-0.05, 0) is 49.2 Å². The Bertz CT molecular complexity index is 585. The highest BCUT2D eigenvalue weighted by atomic mass is 79.9. The molecule has 0 saturated carbocycles. The molecule has 5 heteroatoms. The van der Waals surface area contributed by atoms with Crippen LogP contribution in [0, 0.1) is 12.8 Å². The molecule has 0 spiro atoms. The van der Waals surface area contributed by atoms with Gasteiger partial charge < -0.3 is 10.1 Å². The molecular formula is C16H20BrN3O. The summed E-state index contributed by atoms with van der Waals surface area (Å²) in [6.07, 6.45) is 0. The van der Waals surface area contributed by atoms with Gasteiger partial charge in [0.25, 0.3) is 0 Å². The molecule has 0 amide bonds. The molecule has 0 saturated heterocycles. The van der Waals surface area contributed by atoms with Crippen molar-refractivity contribution in [1.82, 2.24) is 15.5 Å². The van der Waals surface area contributed by atoms with Crippen LogP contribution in [0.25, 0.3) is 0 Å². The van der Waals surface area contributed by atoms with E-state index in [1.807, 2.05) is 37.3 Å². The van der Waals surface area contributed by atoms with E-state index in [-0.39, 0.29) is 0 Å². The number of nitrogens with one attached hydrogen (secondary N) is 1. The summed E-state index contributed by atoms with van der Waals surface area (Å²) in [6, 6.07) is 9.65. The summed E-state index contributed by atoms with van der Waals surface area (Å²) in [7, 11) is 0. The number of rotatable bonds is 6. The van der Waals surface area contributed by atoms with Crippen molar-refractivity contribution in [2.45, 2.75) is 27.3 Å². The molecule has 0 bridgehead atoms. The predicted octanol–water partition coefficient (Wildman–Crippen LogP) is 4.09. The number of hydrogen-bond donors (Lipinski definition) is 1. The molecule has 0 aliphatic carbocycles.